The van der Waals surface area contributed by atoms with E-state index < -0.39 is 15.4 Å². The number of methoxy groups -OCH3 is 1. The maximum absolute atomic E-state index is 12.2. The van der Waals surface area contributed by atoms with Gasteiger partial charge >= 0.3 is 0 Å². The van der Waals surface area contributed by atoms with E-state index in [1.807, 2.05) is 13.8 Å². The van der Waals surface area contributed by atoms with Gasteiger partial charge in [0.25, 0.3) is 0 Å². The van der Waals surface area contributed by atoms with Crippen LogP contribution in [0.5, 0.6) is 5.75 Å². The van der Waals surface area contributed by atoms with E-state index >= 15 is 0 Å². The van der Waals surface area contributed by atoms with E-state index in [-0.39, 0.29) is 18.0 Å². The molecule has 6 heteroatoms. The number of hydrogen-bond donors (Lipinski definition) is 2. The van der Waals surface area contributed by atoms with Gasteiger partial charge in [0.1, 0.15) is 5.75 Å². The van der Waals surface area contributed by atoms with E-state index in [4.69, 9.17) is 4.74 Å². The maximum atomic E-state index is 12.2. The number of rotatable bonds is 8. The fraction of sp³-hybridized carbons (Fsp3) is 0.571. The number of ether oxygens (including phenoxy) is 1. The molecule has 1 aromatic carbocycles. The summed E-state index contributed by atoms with van der Waals surface area (Å²) in [5.74, 6) is 0.493. The quantitative estimate of drug-likeness (QED) is 0.767. The lowest BCUT2D eigenvalue weighted by atomic mass is 9.84. The molecule has 0 heterocycles. The monoisotopic (exact) mass is 301 g/mol. The van der Waals surface area contributed by atoms with Crippen molar-refractivity contribution in [2.24, 2.45) is 5.41 Å². The van der Waals surface area contributed by atoms with Crippen LogP contribution in [-0.4, -0.2) is 33.8 Å². The van der Waals surface area contributed by atoms with Crippen LogP contribution in [0, 0.1) is 5.41 Å². The van der Waals surface area contributed by atoms with Gasteiger partial charge in [-0.25, -0.2) is 13.1 Å². The van der Waals surface area contributed by atoms with Crippen molar-refractivity contribution in [2.75, 3.05) is 20.3 Å². The molecule has 0 radical (unpaired) electrons. The largest absolute Gasteiger partial charge is 0.497 e. The second-order valence-corrected chi connectivity index (χ2v) is 6.64. The topological polar surface area (TPSA) is 75.6 Å². The van der Waals surface area contributed by atoms with Crippen molar-refractivity contribution in [3.63, 3.8) is 0 Å². The molecule has 20 heavy (non-hydrogen) atoms. The molecule has 0 saturated heterocycles. The predicted molar refractivity (Wildman–Crippen MR) is 78.3 cm³/mol. The van der Waals surface area contributed by atoms with Crippen molar-refractivity contribution in [3.8, 4) is 5.75 Å². The van der Waals surface area contributed by atoms with Crippen LogP contribution in [0.25, 0.3) is 0 Å². The Morgan fingerprint density at radius 3 is 2.45 bits per heavy atom. The van der Waals surface area contributed by atoms with Gasteiger partial charge in [-0.3, -0.25) is 0 Å². The summed E-state index contributed by atoms with van der Waals surface area (Å²) in [7, 11) is -2.11. The lowest BCUT2D eigenvalue weighted by Crippen LogP contribution is -2.39. The first-order chi connectivity index (χ1) is 9.43. The van der Waals surface area contributed by atoms with E-state index in [1.165, 1.54) is 19.2 Å². The lowest BCUT2D eigenvalue weighted by molar-refractivity contribution is 0.119. The maximum Gasteiger partial charge on any atom is 0.240 e. The molecule has 0 saturated carbocycles. The van der Waals surface area contributed by atoms with Crippen molar-refractivity contribution in [3.05, 3.63) is 24.3 Å². The molecule has 114 valence electrons. The van der Waals surface area contributed by atoms with Crippen LogP contribution < -0.4 is 9.46 Å². The molecule has 0 bridgehead atoms. The zero-order valence-corrected chi connectivity index (χ0v) is 13.0. The molecule has 2 N–H and O–H groups in total. The highest BCUT2D eigenvalue weighted by atomic mass is 32.2. The van der Waals surface area contributed by atoms with Crippen molar-refractivity contribution >= 4 is 10.0 Å². The van der Waals surface area contributed by atoms with E-state index in [1.54, 1.807) is 12.1 Å². The normalized spacial score (nSPS) is 12.4. The molecule has 0 aromatic heterocycles. The minimum atomic E-state index is -3.60. The third-order valence-electron chi connectivity index (χ3n) is 3.82. The van der Waals surface area contributed by atoms with Crippen LogP contribution in [0.4, 0.5) is 0 Å². The highest BCUT2D eigenvalue weighted by molar-refractivity contribution is 7.89. The molecule has 5 nitrogen and oxygen atoms in total. The first-order valence-electron chi connectivity index (χ1n) is 6.67. The average molecular weight is 301 g/mol. The molecular weight excluding hydrogens is 278 g/mol. The minimum absolute atomic E-state index is 0.0410. The SMILES string of the molecule is CCC(CC)(CO)CNS(=O)(=O)c1cccc(OC)c1. The Kier molecular flexibility index (Phi) is 5.98. The van der Waals surface area contributed by atoms with Crippen LogP contribution >= 0.6 is 0 Å². The summed E-state index contributed by atoms with van der Waals surface area (Å²) >= 11 is 0. The molecule has 0 aliphatic heterocycles. The van der Waals surface area contributed by atoms with E-state index in [2.05, 4.69) is 4.72 Å². The van der Waals surface area contributed by atoms with Crippen LogP contribution in [0.2, 0.25) is 0 Å². The highest BCUT2D eigenvalue weighted by Gasteiger charge is 2.27. The summed E-state index contributed by atoms with van der Waals surface area (Å²) in [6, 6.07) is 6.31. The predicted octanol–water partition coefficient (Wildman–Crippen LogP) is 1.77. The first kappa shape index (κ1) is 16.9. The molecule has 0 amide bonds. The number of aliphatic hydroxyl groups is 1. The number of aliphatic hydroxyl groups excluding tert-OH is 1. The summed E-state index contributed by atoms with van der Waals surface area (Å²) in [5.41, 5.74) is -0.411. The summed E-state index contributed by atoms with van der Waals surface area (Å²) in [5, 5.41) is 9.47. The third kappa shape index (κ3) is 3.94. The standard InChI is InChI=1S/C14H23NO4S/c1-4-14(5-2,11-16)10-15-20(17,18)13-8-6-7-12(9-13)19-3/h6-9,15-16H,4-5,10-11H2,1-3H3. The first-order valence-corrected chi connectivity index (χ1v) is 8.16. The van der Waals surface area contributed by atoms with Gasteiger partial charge in [-0.2, -0.15) is 0 Å². The summed E-state index contributed by atoms with van der Waals surface area (Å²) in [6.07, 6.45) is 1.42. The summed E-state index contributed by atoms with van der Waals surface area (Å²) in [6.45, 7) is 4.07. The Bertz CT molecular complexity index is 515. The highest BCUT2D eigenvalue weighted by Crippen LogP contribution is 2.25. The summed E-state index contributed by atoms with van der Waals surface area (Å²) in [4.78, 5) is 0.163. The summed E-state index contributed by atoms with van der Waals surface area (Å²) < 4.78 is 32.1. The second kappa shape index (κ2) is 7.06. The van der Waals surface area contributed by atoms with Gasteiger partial charge in [-0.1, -0.05) is 19.9 Å². The molecule has 0 aliphatic rings. The lowest BCUT2D eigenvalue weighted by Gasteiger charge is -2.29. The fourth-order valence-corrected chi connectivity index (χ4v) is 3.07. The zero-order chi connectivity index (χ0) is 15.2. The average Bonchev–Trinajstić information content (AvgIpc) is 2.49. The molecular formula is C14H23NO4S. The number of sulfonamides is 1. The van der Waals surface area contributed by atoms with Crippen molar-refractivity contribution in [2.45, 2.75) is 31.6 Å². The van der Waals surface area contributed by atoms with E-state index in [0.29, 0.717) is 18.6 Å². The molecule has 0 spiro atoms. The van der Waals surface area contributed by atoms with Crippen LogP contribution in [0.1, 0.15) is 26.7 Å². The van der Waals surface area contributed by atoms with Gasteiger partial charge < -0.3 is 9.84 Å². The Labute approximate surface area is 121 Å². The number of benzene rings is 1. The second-order valence-electron chi connectivity index (χ2n) is 4.87. The Balaban J connectivity index is 2.89. The Morgan fingerprint density at radius 1 is 1.30 bits per heavy atom. The van der Waals surface area contributed by atoms with Gasteiger partial charge in [0, 0.05) is 24.6 Å². The smallest absolute Gasteiger partial charge is 0.240 e. The molecule has 0 fully saturated rings. The number of nitrogens with one attached hydrogen (secondary N) is 1. The molecule has 1 rings (SSSR count). The van der Waals surface area contributed by atoms with Gasteiger partial charge in [-0.15, -0.1) is 0 Å². The van der Waals surface area contributed by atoms with Gasteiger partial charge in [0.05, 0.1) is 12.0 Å². The number of hydrogen-bond acceptors (Lipinski definition) is 4. The van der Waals surface area contributed by atoms with Crippen molar-refractivity contribution in [1.82, 2.24) is 4.72 Å². The van der Waals surface area contributed by atoms with E-state index in [0.717, 1.165) is 0 Å². The van der Waals surface area contributed by atoms with Crippen molar-refractivity contribution < 1.29 is 18.3 Å². The zero-order valence-electron chi connectivity index (χ0n) is 12.2. The third-order valence-corrected chi connectivity index (χ3v) is 5.22. The Hall–Kier alpha value is -1.11. The Morgan fingerprint density at radius 2 is 1.95 bits per heavy atom. The van der Waals surface area contributed by atoms with Crippen LogP contribution in [0.15, 0.2) is 29.2 Å². The van der Waals surface area contributed by atoms with Crippen molar-refractivity contribution in [1.29, 1.82) is 0 Å². The molecule has 0 atom stereocenters. The van der Waals surface area contributed by atoms with Gasteiger partial charge in [0.2, 0.25) is 10.0 Å². The van der Waals surface area contributed by atoms with Gasteiger partial charge in [-0.05, 0) is 25.0 Å². The molecule has 0 unspecified atom stereocenters. The van der Waals surface area contributed by atoms with E-state index in [9.17, 15) is 13.5 Å². The van der Waals surface area contributed by atoms with Crippen LogP contribution in [-0.2, 0) is 10.0 Å². The molecule has 1 aromatic rings. The fourth-order valence-electron chi connectivity index (χ4n) is 1.88. The van der Waals surface area contributed by atoms with Crippen LogP contribution in [0.3, 0.4) is 0 Å². The van der Waals surface area contributed by atoms with Gasteiger partial charge in [0.15, 0.2) is 0 Å². The molecule has 0 aliphatic carbocycles. The minimum Gasteiger partial charge on any atom is -0.497 e.